The third-order valence-corrected chi connectivity index (χ3v) is 8.56. The smallest absolute Gasteiger partial charge is 0.255 e. The molecule has 44 heavy (non-hydrogen) atoms. The van der Waals surface area contributed by atoms with E-state index < -0.39 is 0 Å². The summed E-state index contributed by atoms with van der Waals surface area (Å²) < 4.78 is 0. The molecule has 0 saturated carbocycles. The predicted octanol–water partition coefficient (Wildman–Crippen LogP) is 10.6. The van der Waals surface area contributed by atoms with E-state index in [0.29, 0.717) is 25.9 Å². The van der Waals surface area contributed by atoms with Crippen molar-refractivity contribution in [2.24, 2.45) is 5.73 Å². The lowest BCUT2D eigenvalue weighted by molar-refractivity contribution is -0.145. The van der Waals surface area contributed by atoms with Gasteiger partial charge in [0.2, 0.25) is 5.91 Å². The highest BCUT2D eigenvalue weighted by atomic mass is 16.2. The Labute approximate surface area is 274 Å². The number of nitrogens with zero attached hydrogens (tertiary/aromatic N) is 1. The highest BCUT2D eigenvalue weighted by molar-refractivity contribution is 5.81. The second-order valence-electron chi connectivity index (χ2n) is 13.0. The molecule has 260 valence electrons. The Morgan fingerprint density at radius 2 is 0.886 bits per heavy atom. The SMILES string of the molecule is CCCCCCCC/C=C\CCCCCCCC(=O)N(NCCN)NC(=O)CCCCCCCCCCCCCCCCC. The van der Waals surface area contributed by atoms with Crippen molar-refractivity contribution in [3.63, 3.8) is 0 Å². The summed E-state index contributed by atoms with van der Waals surface area (Å²) in [5, 5.41) is 1.29. The summed E-state index contributed by atoms with van der Waals surface area (Å²) in [6.07, 6.45) is 41.2. The molecule has 0 spiro atoms. The summed E-state index contributed by atoms with van der Waals surface area (Å²) in [6.45, 7) is 5.41. The minimum absolute atomic E-state index is 0.0825. The lowest BCUT2D eigenvalue weighted by atomic mass is 10.0. The summed E-state index contributed by atoms with van der Waals surface area (Å²) in [7, 11) is 0. The Morgan fingerprint density at radius 1 is 0.523 bits per heavy atom. The quantitative estimate of drug-likeness (QED) is 0.0379. The molecule has 0 radical (unpaired) electrons. The van der Waals surface area contributed by atoms with E-state index in [1.54, 1.807) is 0 Å². The maximum atomic E-state index is 12.7. The molecule has 0 aliphatic heterocycles. The van der Waals surface area contributed by atoms with E-state index in [2.05, 4.69) is 36.9 Å². The topological polar surface area (TPSA) is 87.5 Å². The first kappa shape index (κ1) is 42.6. The zero-order valence-corrected chi connectivity index (χ0v) is 29.6. The van der Waals surface area contributed by atoms with Crippen LogP contribution in [0.2, 0.25) is 0 Å². The molecule has 0 aromatic carbocycles. The molecular formula is C38H76N4O2. The number of nitrogens with one attached hydrogen (secondary N) is 2. The van der Waals surface area contributed by atoms with Gasteiger partial charge in [0, 0.05) is 25.9 Å². The van der Waals surface area contributed by atoms with Gasteiger partial charge in [-0.2, -0.15) is 5.12 Å². The first-order valence-corrected chi connectivity index (χ1v) is 19.4. The van der Waals surface area contributed by atoms with Gasteiger partial charge in [-0.05, 0) is 38.5 Å². The number of rotatable bonds is 34. The van der Waals surface area contributed by atoms with Crippen LogP contribution in [0.3, 0.4) is 0 Å². The van der Waals surface area contributed by atoms with E-state index in [1.165, 1.54) is 146 Å². The number of nitrogens with two attached hydrogens (primary N) is 1. The van der Waals surface area contributed by atoms with Crippen molar-refractivity contribution < 1.29 is 9.59 Å². The molecule has 0 atom stereocenters. The maximum absolute atomic E-state index is 12.7. The maximum Gasteiger partial charge on any atom is 0.255 e. The lowest BCUT2D eigenvalue weighted by Crippen LogP contribution is -2.55. The molecule has 6 heteroatoms. The molecular weight excluding hydrogens is 544 g/mol. The van der Waals surface area contributed by atoms with Crippen molar-refractivity contribution in [2.75, 3.05) is 13.1 Å². The molecule has 0 saturated heterocycles. The molecule has 0 rings (SSSR count). The monoisotopic (exact) mass is 621 g/mol. The fourth-order valence-corrected chi connectivity index (χ4v) is 5.66. The first-order valence-electron chi connectivity index (χ1n) is 19.4. The molecule has 0 bridgehead atoms. The minimum Gasteiger partial charge on any atom is -0.329 e. The van der Waals surface area contributed by atoms with Gasteiger partial charge in [-0.15, -0.1) is 0 Å². The molecule has 0 fully saturated rings. The molecule has 6 nitrogen and oxygen atoms in total. The van der Waals surface area contributed by atoms with E-state index in [4.69, 9.17) is 5.73 Å². The van der Waals surface area contributed by atoms with Gasteiger partial charge in [-0.25, -0.2) is 10.9 Å². The molecule has 0 aliphatic carbocycles. The summed E-state index contributed by atoms with van der Waals surface area (Å²) in [6, 6.07) is 0. The van der Waals surface area contributed by atoms with Gasteiger partial charge in [0.05, 0.1) is 0 Å². The standard InChI is InChI=1S/C38H76N4O2/c1-3-5-7-9-11-13-15-17-19-21-23-25-27-29-31-33-37(43)41-42(40-36-35-39)38(44)34-32-30-28-26-24-22-20-18-16-14-12-10-8-6-4-2/h18,20,40H,3-17,19,21-36,39H2,1-2H3,(H,41,43)/b20-18-. The van der Waals surface area contributed by atoms with Crippen molar-refractivity contribution in [1.82, 2.24) is 16.0 Å². The van der Waals surface area contributed by atoms with Crippen LogP contribution in [-0.4, -0.2) is 30.0 Å². The lowest BCUT2D eigenvalue weighted by Gasteiger charge is -2.23. The molecule has 0 heterocycles. The average molecular weight is 621 g/mol. The van der Waals surface area contributed by atoms with E-state index >= 15 is 0 Å². The van der Waals surface area contributed by atoms with Crippen LogP contribution in [0.4, 0.5) is 0 Å². The minimum atomic E-state index is -0.0953. The fraction of sp³-hybridized carbons (Fsp3) is 0.895. The normalized spacial score (nSPS) is 11.4. The molecule has 0 aromatic heterocycles. The van der Waals surface area contributed by atoms with Gasteiger partial charge in [-0.3, -0.25) is 9.59 Å². The number of carbonyl (C=O) groups excluding carboxylic acids is 2. The van der Waals surface area contributed by atoms with Gasteiger partial charge in [-0.1, -0.05) is 167 Å². The van der Waals surface area contributed by atoms with Crippen LogP contribution >= 0.6 is 0 Å². The largest absolute Gasteiger partial charge is 0.329 e. The van der Waals surface area contributed by atoms with Crippen LogP contribution < -0.4 is 16.6 Å². The van der Waals surface area contributed by atoms with Crippen LogP contribution in [0.15, 0.2) is 12.2 Å². The first-order chi connectivity index (χ1) is 21.7. The zero-order valence-electron chi connectivity index (χ0n) is 29.6. The van der Waals surface area contributed by atoms with E-state index in [1.807, 2.05) is 0 Å². The van der Waals surface area contributed by atoms with Crippen LogP contribution in [0, 0.1) is 0 Å². The molecule has 2 amide bonds. The van der Waals surface area contributed by atoms with Gasteiger partial charge in [0.25, 0.3) is 5.91 Å². The summed E-state index contributed by atoms with van der Waals surface area (Å²) in [5.74, 6) is -0.178. The number of carbonyl (C=O) groups is 2. The zero-order chi connectivity index (χ0) is 32.2. The van der Waals surface area contributed by atoms with Gasteiger partial charge in [0.15, 0.2) is 0 Å². The number of allylic oxidation sites excluding steroid dienone is 2. The van der Waals surface area contributed by atoms with Crippen molar-refractivity contribution in [2.45, 2.75) is 206 Å². The van der Waals surface area contributed by atoms with Crippen molar-refractivity contribution in [3.8, 4) is 0 Å². The van der Waals surface area contributed by atoms with Crippen molar-refractivity contribution >= 4 is 11.8 Å². The number of hydrazine groups is 2. The average Bonchev–Trinajstić information content (AvgIpc) is 3.02. The Kier molecular flexibility index (Phi) is 34.9. The molecule has 0 aliphatic rings. The van der Waals surface area contributed by atoms with Crippen LogP contribution in [0.1, 0.15) is 206 Å². The Balaban J connectivity index is 3.76. The van der Waals surface area contributed by atoms with Gasteiger partial charge >= 0.3 is 0 Å². The summed E-state index contributed by atoms with van der Waals surface area (Å²) in [5.41, 5.74) is 11.4. The predicted molar refractivity (Wildman–Crippen MR) is 191 cm³/mol. The van der Waals surface area contributed by atoms with E-state index in [9.17, 15) is 9.59 Å². The number of hydrogen-bond donors (Lipinski definition) is 3. The fourth-order valence-electron chi connectivity index (χ4n) is 5.66. The molecule has 0 aromatic rings. The summed E-state index contributed by atoms with van der Waals surface area (Å²) in [4.78, 5) is 25.2. The highest BCUT2D eigenvalue weighted by Crippen LogP contribution is 2.14. The number of amides is 2. The van der Waals surface area contributed by atoms with E-state index in [0.717, 1.165) is 38.5 Å². The Bertz CT molecular complexity index is 640. The van der Waals surface area contributed by atoms with Crippen LogP contribution in [-0.2, 0) is 9.59 Å². The Hall–Kier alpha value is -1.40. The second kappa shape index (κ2) is 36.1. The van der Waals surface area contributed by atoms with Crippen LogP contribution in [0.25, 0.3) is 0 Å². The number of hydrogen-bond acceptors (Lipinski definition) is 4. The van der Waals surface area contributed by atoms with Gasteiger partial charge in [0.1, 0.15) is 0 Å². The highest BCUT2D eigenvalue weighted by Gasteiger charge is 2.15. The third kappa shape index (κ3) is 32.0. The molecule has 0 unspecified atom stereocenters. The van der Waals surface area contributed by atoms with Crippen molar-refractivity contribution in [1.29, 1.82) is 0 Å². The summed E-state index contributed by atoms with van der Waals surface area (Å²) >= 11 is 0. The van der Waals surface area contributed by atoms with Gasteiger partial charge < -0.3 is 5.73 Å². The van der Waals surface area contributed by atoms with E-state index in [-0.39, 0.29) is 11.8 Å². The number of unbranched alkanes of at least 4 members (excludes halogenated alkanes) is 25. The second-order valence-corrected chi connectivity index (χ2v) is 13.0. The molecule has 4 N–H and O–H groups in total. The third-order valence-electron chi connectivity index (χ3n) is 8.56. The Morgan fingerprint density at radius 3 is 1.30 bits per heavy atom. The van der Waals surface area contributed by atoms with Crippen LogP contribution in [0.5, 0.6) is 0 Å². The van der Waals surface area contributed by atoms with Crippen molar-refractivity contribution in [3.05, 3.63) is 12.2 Å².